The van der Waals surface area contributed by atoms with Crippen LogP contribution < -0.4 is 21.9 Å². The summed E-state index contributed by atoms with van der Waals surface area (Å²) in [5.41, 5.74) is 5.72. The highest BCUT2D eigenvalue weighted by atomic mass is 35.5. The first kappa shape index (κ1) is 22.7. The van der Waals surface area contributed by atoms with E-state index in [2.05, 4.69) is 11.9 Å². The van der Waals surface area contributed by atoms with Gasteiger partial charge in [0.1, 0.15) is 5.82 Å². The van der Waals surface area contributed by atoms with Crippen molar-refractivity contribution in [3.63, 3.8) is 0 Å². The third-order valence-electron chi connectivity index (χ3n) is 4.81. The Labute approximate surface area is 175 Å². The number of hydrogen-bond donors (Lipinski definition) is 2. The minimum absolute atomic E-state index is 0.0243. The summed E-state index contributed by atoms with van der Waals surface area (Å²) in [6.45, 7) is 4.78. The van der Waals surface area contributed by atoms with Crippen LogP contribution in [0.15, 0.2) is 33.9 Å². The van der Waals surface area contributed by atoms with Crippen molar-refractivity contribution in [3.05, 3.63) is 55.7 Å². The molecular weight excluding hydrogens is 392 g/mol. The molecule has 2 aromatic rings. The summed E-state index contributed by atoms with van der Waals surface area (Å²) < 4.78 is 1.33. The van der Waals surface area contributed by atoms with Gasteiger partial charge in [0.25, 0.3) is 5.56 Å². The van der Waals surface area contributed by atoms with Crippen molar-refractivity contribution >= 4 is 29.0 Å². The van der Waals surface area contributed by atoms with Crippen molar-refractivity contribution < 1.29 is 4.79 Å². The van der Waals surface area contributed by atoms with Crippen LogP contribution in [-0.2, 0) is 17.8 Å². The molecule has 3 N–H and O–H groups in total. The number of nitrogens with zero attached hydrogens (tertiary/aromatic N) is 2. The van der Waals surface area contributed by atoms with E-state index in [4.69, 9.17) is 17.3 Å². The fraction of sp³-hybridized carbons (Fsp3) is 0.476. The van der Waals surface area contributed by atoms with E-state index in [-0.39, 0.29) is 23.8 Å². The summed E-state index contributed by atoms with van der Waals surface area (Å²) >= 11 is 6.20. The predicted molar refractivity (Wildman–Crippen MR) is 118 cm³/mol. The van der Waals surface area contributed by atoms with Crippen LogP contribution >= 0.6 is 11.6 Å². The summed E-state index contributed by atoms with van der Waals surface area (Å²) in [4.78, 5) is 41.7. The Kier molecular flexibility index (Phi) is 8.51. The van der Waals surface area contributed by atoms with E-state index in [1.807, 2.05) is 13.0 Å². The summed E-state index contributed by atoms with van der Waals surface area (Å²) in [5.74, 6) is -0.261. The van der Waals surface area contributed by atoms with Crippen LogP contribution in [-0.4, -0.2) is 22.0 Å². The average Bonchev–Trinajstić information content (AvgIpc) is 2.68. The molecule has 2 rings (SSSR count). The molecule has 0 radical (unpaired) electrons. The van der Waals surface area contributed by atoms with Crippen molar-refractivity contribution in [1.29, 1.82) is 0 Å². The zero-order valence-electron chi connectivity index (χ0n) is 17.0. The molecule has 0 aliphatic rings. The topological polar surface area (TPSA) is 101 Å². The van der Waals surface area contributed by atoms with Gasteiger partial charge in [0.2, 0.25) is 5.91 Å². The lowest BCUT2D eigenvalue weighted by atomic mass is 10.1. The second kappa shape index (κ2) is 10.9. The Morgan fingerprint density at radius 1 is 1.14 bits per heavy atom. The number of H-pyrrole nitrogens is 1. The molecule has 1 heterocycles. The summed E-state index contributed by atoms with van der Waals surface area (Å²) in [6, 6.07) is 7.10. The average molecular weight is 421 g/mol. The molecule has 29 heavy (non-hydrogen) atoms. The van der Waals surface area contributed by atoms with E-state index in [1.54, 1.807) is 18.2 Å². The standard InChI is InChI=1S/C21H29ClN4O3/c1-3-5-9-13-25(17(27)14-15-10-7-8-11-16(15)22)18-19(23)26(12-6-4-2)21(29)24-20(18)28/h7-8,10-11H,3-6,9,12-14,23H2,1-2H3,(H,24,28,29). The number of amides is 1. The zero-order chi connectivity index (χ0) is 21.4. The van der Waals surface area contributed by atoms with E-state index >= 15 is 0 Å². The number of aromatic amines is 1. The van der Waals surface area contributed by atoms with Gasteiger partial charge in [0.15, 0.2) is 5.69 Å². The fourth-order valence-electron chi connectivity index (χ4n) is 3.16. The van der Waals surface area contributed by atoms with Crippen LogP contribution in [0.25, 0.3) is 0 Å². The fourth-order valence-corrected chi connectivity index (χ4v) is 3.36. The molecule has 1 aromatic carbocycles. The lowest BCUT2D eigenvalue weighted by Crippen LogP contribution is -2.42. The SMILES string of the molecule is CCCCCN(C(=O)Cc1ccccc1Cl)c1c(N)n(CCCC)c(=O)[nH]c1=O. The van der Waals surface area contributed by atoms with Gasteiger partial charge in [0.05, 0.1) is 6.42 Å². The van der Waals surface area contributed by atoms with Crippen molar-refractivity contribution in [2.45, 2.75) is 58.9 Å². The molecule has 0 atom stereocenters. The number of benzene rings is 1. The van der Waals surface area contributed by atoms with Crippen molar-refractivity contribution in [1.82, 2.24) is 9.55 Å². The van der Waals surface area contributed by atoms with Crippen molar-refractivity contribution in [2.24, 2.45) is 0 Å². The molecule has 0 unspecified atom stereocenters. The number of aromatic nitrogens is 2. The van der Waals surface area contributed by atoms with Crippen molar-refractivity contribution in [3.8, 4) is 0 Å². The zero-order valence-corrected chi connectivity index (χ0v) is 17.8. The molecule has 0 fully saturated rings. The Hall–Kier alpha value is -2.54. The molecule has 0 bridgehead atoms. The number of carbonyl (C=O) groups is 1. The molecule has 158 valence electrons. The first-order chi connectivity index (χ1) is 13.9. The number of hydrogen-bond acceptors (Lipinski definition) is 4. The third kappa shape index (κ3) is 5.73. The van der Waals surface area contributed by atoms with Gasteiger partial charge in [-0.2, -0.15) is 0 Å². The highest BCUT2D eigenvalue weighted by molar-refractivity contribution is 6.31. The van der Waals surface area contributed by atoms with Crippen LogP contribution in [0.5, 0.6) is 0 Å². The van der Waals surface area contributed by atoms with Gasteiger partial charge < -0.3 is 10.6 Å². The largest absolute Gasteiger partial charge is 0.383 e. The molecule has 8 heteroatoms. The highest BCUT2D eigenvalue weighted by Gasteiger charge is 2.24. The molecule has 0 saturated carbocycles. The number of nitrogen functional groups attached to an aromatic ring is 1. The Bertz CT molecular complexity index is 952. The maximum atomic E-state index is 13.1. The van der Waals surface area contributed by atoms with E-state index < -0.39 is 11.2 Å². The number of anilines is 2. The number of nitrogens with one attached hydrogen (secondary N) is 1. The van der Waals surface area contributed by atoms with E-state index in [0.717, 1.165) is 32.1 Å². The lowest BCUT2D eigenvalue weighted by molar-refractivity contribution is -0.118. The first-order valence-corrected chi connectivity index (χ1v) is 10.4. The van der Waals surface area contributed by atoms with Crippen LogP contribution in [0.2, 0.25) is 5.02 Å². The molecular formula is C21H29ClN4O3. The van der Waals surface area contributed by atoms with Gasteiger partial charge in [-0.25, -0.2) is 4.79 Å². The number of rotatable bonds is 10. The molecule has 0 aliphatic heterocycles. The van der Waals surface area contributed by atoms with E-state index in [1.165, 1.54) is 9.47 Å². The van der Waals surface area contributed by atoms with Crippen LogP contribution in [0, 0.1) is 0 Å². The summed E-state index contributed by atoms with van der Waals surface area (Å²) in [5, 5.41) is 0.490. The molecule has 0 aliphatic carbocycles. The number of carbonyl (C=O) groups excluding carboxylic acids is 1. The molecule has 1 aromatic heterocycles. The summed E-state index contributed by atoms with van der Waals surface area (Å²) in [7, 11) is 0. The van der Waals surface area contributed by atoms with Gasteiger partial charge in [-0.05, 0) is 24.5 Å². The second-order valence-corrected chi connectivity index (χ2v) is 7.43. The maximum Gasteiger partial charge on any atom is 0.330 e. The monoisotopic (exact) mass is 420 g/mol. The van der Waals surface area contributed by atoms with Gasteiger partial charge >= 0.3 is 5.69 Å². The minimum Gasteiger partial charge on any atom is -0.383 e. The Balaban J connectivity index is 2.46. The van der Waals surface area contributed by atoms with Gasteiger partial charge in [0, 0.05) is 18.1 Å². The quantitative estimate of drug-likeness (QED) is 0.575. The summed E-state index contributed by atoms with van der Waals surface area (Å²) in [6.07, 6.45) is 4.24. The Morgan fingerprint density at radius 3 is 2.48 bits per heavy atom. The lowest BCUT2D eigenvalue weighted by Gasteiger charge is -2.25. The molecule has 0 saturated heterocycles. The smallest absolute Gasteiger partial charge is 0.330 e. The third-order valence-corrected chi connectivity index (χ3v) is 5.17. The maximum absolute atomic E-state index is 13.1. The van der Waals surface area contributed by atoms with E-state index in [0.29, 0.717) is 23.7 Å². The van der Waals surface area contributed by atoms with Gasteiger partial charge in [-0.1, -0.05) is 62.9 Å². The number of unbranched alkanes of at least 4 members (excludes halogenated alkanes) is 3. The molecule has 0 spiro atoms. The number of nitrogens with two attached hydrogens (primary N) is 1. The highest BCUT2D eigenvalue weighted by Crippen LogP contribution is 2.22. The van der Waals surface area contributed by atoms with Crippen LogP contribution in [0.1, 0.15) is 51.5 Å². The van der Waals surface area contributed by atoms with Crippen LogP contribution in [0.3, 0.4) is 0 Å². The predicted octanol–water partition coefficient (Wildman–Crippen LogP) is 3.34. The minimum atomic E-state index is -0.649. The first-order valence-electron chi connectivity index (χ1n) is 10.1. The van der Waals surface area contributed by atoms with Crippen molar-refractivity contribution in [2.75, 3.05) is 17.2 Å². The molecule has 1 amide bonds. The molecule has 7 nitrogen and oxygen atoms in total. The van der Waals surface area contributed by atoms with Crippen LogP contribution in [0.4, 0.5) is 11.5 Å². The van der Waals surface area contributed by atoms with Gasteiger partial charge in [-0.15, -0.1) is 0 Å². The Morgan fingerprint density at radius 2 is 1.83 bits per heavy atom. The number of halogens is 1. The van der Waals surface area contributed by atoms with E-state index in [9.17, 15) is 14.4 Å². The second-order valence-electron chi connectivity index (χ2n) is 7.02. The van der Waals surface area contributed by atoms with Gasteiger partial charge in [-0.3, -0.25) is 19.1 Å². The normalized spacial score (nSPS) is 10.9.